The molecule has 11 heteroatoms. The van der Waals surface area contributed by atoms with Crippen LogP contribution in [0.3, 0.4) is 0 Å². The smallest absolute Gasteiger partial charge is 0.211 e. The van der Waals surface area contributed by atoms with Crippen molar-refractivity contribution in [2.24, 2.45) is 10.9 Å². The van der Waals surface area contributed by atoms with Crippen molar-refractivity contribution in [2.45, 2.75) is 32.2 Å². The van der Waals surface area contributed by atoms with E-state index in [1.54, 1.807) is 4.90 Å². The second-order valence-corrected chi connectivity index (χ2v) is 9.95. The van der Waals surface area contributed by atoms with Crippen LogP contribution in [0.4, 0.5) is 14.5 Å². The molecule has 1 atom stereocenters. The molecule has 0 aromatic heterocycles. The predicted octanol–water partition coefficient (Wildman–Crippen LogP) is 2.39. The number of para-hydroxylation sites is 1. The Balaban J connectivity index is 0.00000341. The lowest BCUT2D eigenvalue weighted by Crippen LogP contribution is -2.45. The van der Waals surface area contributed by atoms with Crippen molar-refractivity contribution in [3.63, 3.8) is 0 Å². The minimum Gasteiger partial charge on any atom is -0.365 e. The van der Waals surface area contributed by atoms with E-state index < -0.39 is 21.7 Å². The first kappa shape index (κ1) is 26.0. The topological polar surface area (TPSA) is 77.0 Å². The highest BCUT2D eigenvalue weighted by atomic mass is 127. The Morgan fingerprint density at radius 3 is 2.39 bits per heavy atom. The fourth-order valence-corrected chi connectivity index (χ4v) is 4.90. The molecule has 0 amide bonds. The van der Waals surface area contributed by atoms with Crippen molar-refractivity contribution in [2.75, 3.05) is 50.4 Å². The minimum absolute atomic E-state index is 0. The summed E-state index contributed by atoms with van der Waals surface area (Å²) in [6.45, 7) is 5.44. The van der Waals surface area contributed by atoms with Crippen molar-refractivity contribution in [3.8, 4) is 0 Å². The highest BCUT2D eigenvalue weighted by molar-refractivity contribution is 14.0. The van der Waals surface area contributed by atoms with E-state index in [-0.39, 0.29) is 35.7 Å². The Bertz CT molecular complexity index is 843. The van der Waals surface area contributed by atoms with Crippen molar-refractivity contribution in [3.05, 3.63) is 29.8 Å². The van der Waals surface area contributed by atoms with E-state index in [0.717, 1.165) is 19.3 Å². The Kier molecular flexibility index (Phi) is 9.74. The third kappa shape index (κ3) is 7.14. The van der Waals surface area contributed by atoms with Crippen LogP contribution >= 0.6 is 24.0 Å². The Hall–Kier alpha value is -1.21. The molecular weight excluding hydrogens is 539 g/mol. The van der Waals surface area contributed by atoms with Crippen LogP contribution in [0.1, 0.15) is 26.2 Å². The summed E-state index contributed by atoms with van der Waals surface area (Å²) in [5.41, 5.74) is 0.0291. The lowest BCUT2D eigenvalue weighted by Gasteiger charge is -2.29. The standard InChI is InChI=1S/C20H31F2N5O2S.HI/c1-3-23-20(24-13-15-7-11-27(12-8-15)30(2,28)29)25-16-9-10-26(14-16)19-17(21)5-4-6-18(19)22;/h4-6,15-16H,3,7-14H2,1-2H3,(H2,23,24,25);1H. The minimum atomic E-state index is -3.12. The van der Waals surface area contributed by atoms with E-state index in [0.29, 0.717) is 51.1 Å². The van der Waals surface area contributed by atoms with Crippen molar-refractivity contribution >= 4 is 45.6 Å². The van der Waals surface area contributed by atoms with E-state index in [9.17, 15) is 17.2 Å². The van der Waals surface area contributed by atoms with Crippen LogP contribution in [-0.4, -0.2) is 70.2 Å². The lowest BCUT2D eigenvalue weighted by atomic mass is 9.98. The summed E-state index contributed by atoms with van der Waals surface area (Å²) in [5.74, 6) is -0.0664. The zero-order chi connectivity index (χ0) is 21.7. The molecule has 2 heterocycles. The van der Waals surface area contributed by atoms with Crippen molar-refractivity contribution in [1.82, 2.24) is 14.9 Å². The molecule has 2 aliphatic rings. The normalized spacial score (nSPS) is 21.1. The Morgan fingerprint density at radius 1 is 1.16 bits per heavy atom. The maximum absolute atomic E-state index is 14.1. The first-order chi connectivity index (χ1) is 14.3. The van der Waals surface area contributed by atoms with Gasteiger partial charge in [0.25, 0.3) is 0 Å². The molecule has 1 aromatic rings. The summed E-state index contributed by atoms with van der Waals surface area (Å²) in [6, 6.07) is 3.96. The third-order valence-electron chi connectivity index (χ3n) is 5.68. The average molecular weight is 571 g/mol. The number of hydrogen-bond donors (Lipinski definition) is 2. The number of piperidine rings is 1. The van der Waals surface area contributed by atoms with Crippen molar-refractivity contribution < 1.29 is 17.2 Å². The van der Waals surface area contributed by atoms with Crippen LogP contribution in [0.15, 0.2) is 23.2 Å². The summed E-state index contributed by atoms with van der Waals surface area (Å²) in [7, 11) is -3.12. The molecule has 2 aliphatic heterocycles. The fraction of sp³-hybridized carbons (Fsp3) is 0.650. The summed E-state index contributed by atoms with van der Waals surface area (Å²) in [6.07, 6.45) is 3.58. The number of halogens is 3. The molecule has 0 spiro atoms. The number of benzene rings is 1. The van der Waals surface area contributed by atoms with Gasteiger partial charge < -0.3 is 15.5 Å². The zero-order valence-electron chi connectivity index (χ0n) is 18.0. The molecule has 31 heavy (non-hydrogen) atoms. The number of sulfonamides is 1. The van der Waals surface area contributed by atoms with Crippen LogP contribution in [0, 0.1) is 17.6 Å². The van der Waals surface area contributed by atoms with Crippen LogP contribution in [0.5, 0.6) is 0 Å². The number of aliphatic imine (C=N–C) groups is 1. The maximum atomic E-state index is 14.1. The molecule has 3 rings (SSSR count). The van der Waals surface area contributed by atoms with Crippen LogP contribution in [-0.2, 0) is 10.0 Å². The molecule has 0 radical (unpaired) electrons. The number of nitrogens with zero attached hydrogens (tertiary/aromatic N) is 3. The van der Waals surface area contributed by atoms with E-state index in [1.165, 1.54) is 28.8 Å². The van der Waals surface area contributed by atoms with Gasteiger partial charge in [-0.1, -0.05) is 6.07 Å². The molecule has 0 aliphatic carbocycles. The van der Waals surface area contributed by atoms with Gasteiger partial charge in [-0.05, 0) is 44.2 Å². The first-order valence-electron chi connectivity index (χ1n) is 10.5. The molecule has 2 fully saturated rings. The molecule has 1 aromatic carbocycles. The number of rotatable bonds is 6. The number of anilines is 1. The van der Waals surface area contributed by atoms with Gasteiger partial charge >= 0.3 is 0 Å². The largest absolute Gasteiger partial charge is 0.365 e. The molecule has 0 saturated carbocycles. The van der Waals surface area contributed by atoms with E-state index in [1.807, 2.05) is 6.92 Å². The quantitative estimate of drug-likeness (QED) is 0.312. The summed E-state index contributed by atoms with van der Waals surface area (Å²) >= 11 is 0. The molecule has 1 unspecified atom stereocenters. The van der Waals surface area contributed by atoms with Gasteiger partial charge in [0.2, 0.25) is 10.0 Å². The molecule has 2 saturated heterocycles. The second kappa shape index (κ2) is 11.6. The Labute approximate surface area is 200 Å². The van der Waals surface area contributed by atoms with Gasteiger partial charge in [0, 0.05) is 45.3 Å². The summed E-state index contributed by atoms with van der Waals surface area (Å²) in [4.78, 5) is 6.41. The predicted molar refractivity (Wildman–Crippen MR) is 131 cm³/mol. The average Bonchev–Trinajstić information content (AvgIpc) is 3.14. The van der Waals surface area contributed by atoms with Gasteiger partial charge in [-0.3, -0.25) is 4.99 Å². The second-order valence-electron chi connectivity index (χ2n) is 7.97. The third-order valence-corrected chi connectivity index (χ3v) is 6.98. The first-order valence-corrected chi connectivity index (χ1v) is 12.3. The maximum Gasteiger partial charge on any atom is 0.211 e. The summed E-state index contributed by atoms with van der Waals surface area (Å²) < 4.78 is 52.9. The molecule has 176 valence electrons. The molecule has 2 N–H and O–H groups in total. The van der Waals surface area contributed by atoms with Crippen molar-refractivity contribution in [1.29, 1.82) is 0 Å². The van der Waals surface area contributed by atoms with E-state index >= 15 is 0 Å². The lowest BCUT2D eigenvalue weighted by molar-refractivity contribution is 0.280. The van der Waals surface area contributed by atoms with Gasteiger partial charge in [-0.2, -0.15) is 0 Å². The SMILES string of the molecule is CCNC(=NCC1CCN(S(C)(=O)=O)CC1)NC1CCN(c2c(F)cccc2F)C1.I. The van der Waals surface area contributed by atoms with Crippen LogP contribution in [0.25, 0.3) is 0 Å². The Morgan fingerprint density at radius 2 is 1.81 bits per heavy atom. The van der Waals surface area contributed by atoms with Gasteiger partial charge in [0.1, 0.15) is 17.3 Å². The number of nitrogens with one attached hydrogen (secondary N) is 2. The van der Waals surface area contributed by atoms with Gasteiger partial charge in [-0.25, -0.2) is 21.5 Å². The molecule has 0 bridgehead atoms. The highest BCUT2D eigenvalue weighted by Crippen LogP contribution is 2.26. The zero-order valence-corrected chi connectivity index (χ0v) is 21.1. The number of guanidine groups is 1. The van der Waals surface area contributed by atoms with Crippen LogP contribution < -0.4 is 15.5 Å². The van der Waals surface area contributed by atoms with E-state index in [2.05, 4.69) is 15.6 Å². The van der Waals surface area contributed by atoms with Gasteiger partial charge in [-0.15, -0.1) is 24.0 Å². The molecule has 7 nitrogen and oxygen atoms in total. The highest BCUT2D eigenvalue weighted by Gasteiger charge is 2.28. The van der Waals surface area contributed by atoms with E-state index in [4.69, 9.17) is 0 Å². The summed E-state index contributed by atoms with van der Waals surface area (Å²) in [5, 5.41) is 6.60. The van der Waals surface area contributed by atoms with Gasteiger partial charge in [0.15, 0.2) is 5.96 Å². The number of hydrogen-bond acceptors (Lipinski definition) is 4. The van der Waals surface area contributed by atoms with Crippen LogP contribution in [0.2, 0.25) is 0 Å². The molecular formula is C20H32F2IN5O2S. The van der Waals surface area contributed by atoms with Gasteiger partial charge in [0.05, 0.1) is 6.26 Å². The monoisotopic (exact) mass is 571 g/mol. The fourth-order valence-electron chi connectivity index (χ4n) is 4.03.